The second kappa shape index (κ2) is 70.5. The first-order chi connectivity index (χ1) is 51.6. The van der Waals surface area contributed by atoms with Crippen molar-refractivity contribution in [1.29, 1.82) is 0 Å². The van der Waals surface area contributed by atoms with Crippen molar-refractivity contribution in [3.05, 3.63) is 0 Å². The molecule has 4 saturated heterocycles. The Bertz CT molecular complexity index is 1930. The first kappa shape index (κ1) is 104. The van der Waals surface area contributed by atoms with Crippen molar-refractivity contribution in [2.45, 2.75) is 343 Å². The maximum absolute atomic E-state index is 4.95. The minimum atomic E-state index is -0.931. The second-order valence-corrected chi connectivity index (χ2v) is 42.2. The molecular formula is C74H156Cl8Mn3N20Zn. The maximum atomic E-state index is 4.95. The van der Waals surface area contributed by atoms with Crippen molar-refractivity contribution in [2.75, 3.05) is 131 Å². The van der Waals surface area contributed by atoms with E-state index < -0.39 is 15.1 Å². The molecule has 4 heterocycles. The van der Waals surface area contributed by atoms with Crippen LogP contribution in [0.2, 0.25) is 0 Å². The van der Waals surface area contributed by atoms with Crippen LogP contribution in [0.4, 0.5) is 0 Å². The third kappa shape index (κ3) is 51.2. The van der Waals surface area contributed by atoms with Gasteiger partial charge in [-0.2, -0.15) is 0 Å². The molecule has 0 radical (unpaired) electrons. The summed E-state index contributed by atoms with van der Waals surface area (Å²) in [4.78, 5) is 0. The fraction of sp³-hybridized carbons (Fsp3) is 1.00. The van der Waals surface area contributed by atoms with Gasteiger partial charge in [-0.1, -0.05) is 90.4 Å². The van der Waals surface area contributed by atoms with Crippen LogP contribution in [-0.2, 0) is 54.5 Å². The van der Waals surface area contributed by atoms with E-state index in [2.05, 4.69) is 162 Å². The van der Waals surface area contributed by atoms with E-state index >= 15 is 0 Å². The number of halogens is 8. The Hall–Kier alpha value is 3.70. The molecule has 631 valence electrons. The summed E-state index contributed by atoms with van der Waals surface area (Å²) in [5, 5.41) is 75.1. The molecule has 0 bridgehead atoms. The van der Waals surface area contributed by atoms with E-state index in [0.717, 1.165) is 131 Å². The quantitative estimate of drug-likeness (QED) is 0.115. The molecule has 32 heteroatoms. The monoisotopic (exact) mass is 1830 g/mol. The van der Waals surface area contributed by atoms with Gasteiger partial charge in [-0.15, -0.1) is 0 Å². The Labute approximate surface area is 708 Å². The van der Waals surface area contributed by atoms with Crippen molar-refractivity contribution >= 4 is 80.0 Å². The van der Waals surface area contributed by atoms with Gasteiger partial charge in [0.1, 0.15) is 0 Å². The minimum absolute atomic E-state index is 0.00694. The first-order valence-electron chi connectivity index (χ1n) is 42.1. The summed E-state index contributed by atoms with van der Waals surface area (Å²) in [6.07, 6.45) is 34.9. The van der Waals surface area contributed by atoms with Crippen molar-refractivity contribution in [1.82, 2.24) is 106 Å². The van der Waals surface area contributed by atoms with Gasteiger partial charge in [0.05, 0.1) is 0 Å². The average Bonchev–Trinajstić information content (AvgIpc) is 1.49. The van der Waals surface area contributed by atoms with Crippen LogP contribution in [0.1, 0.15) is 222 Å². The van der Waals surface area contributed by atoms with Gasteiger partial charge in [-0.05, 0) is 132 Å². The van der Waals surface area contributed by atoms with Crippen LogP contribution >= 0.6 is 80.0 Å². The normalized spacial score (nSPS) is 35.9. The fourth-order valence-corrected chi connectivity index (χ4v) is 17.0. The molecule has 0 aromatic carbocycles. The van der Waals surface area contributed by atoms with Gasteiger partial charge in [-0.25, -0.2) is 0 Å². The fourth-order valence-electron chi connectivity index (χ4n) is 17.0. The third-order valence-electron chi connectivity index (χ3n) is 22.9. The molecule has 20 N–H and O–H groups in total. The third-order valence-corrected chi connectivity index (χ3v) is 22.9. The van der Waals surface area contributed by atoms with Gasteiger partial charge in [-0.3, -0.25) is 0 Å². The molecule has 0 aromatic heterocycles. The number of rotatable bonds is 2. The summed E-state index contributed by atoms with van der Waals surface area (Å²) >= 11 is -0.910. The SMILES string of the molecule is C1CCC2NCCNC3CCCCC3NCCNCCNC2C1.CCC[C@H]1CN[C@H](C)CNC2CCCCC2NC[C@H](C)NC[C@H](C)N1.C[C@@H]1CNC2CCCCC2NCCNC2CCCCC2NCCN1.C[C@@H]1CN[C@@H](C)CNC2CCCCC2NC[C@H](C)NCCN1.[Cl][Mn][Cl].[Cl][Mn][Cl].[Cl][Mn][Cl].[Cl][Zn][Cl]. The van der Waals surface area contributed by atoms with Crippen LogP contribution < -0.4 is 106 Å². The number of nitrogens with one attached hydrogen (secondary N) is 20. The van der Waals surface area contributed by atoms with E-state index in [-0.39, 0.29) is 39.4 Å². The van der Waals surface area contributed by atoms with Gasteiger partial charge in [0.2, 0.25) is 0 Å². The summed E-state index contributed by atoms with van der Waals surface area (Å²) < 4.78 is 0. The zero-order chi connectivity index (χ0) is 77.0. The molecule has 10 aliphatic rings. The van der Waals surface area contributed by atoms with E-state index in [0.29, 0.717) is 121 Å². The molecule has 4 aliphatic heterocycles. The molecule has 12 unspecified atom stereocenters. The van der Waals surface area contributed by atoms with Gasteiger partial charge in [0.15, 0.2) is 0 Å². The van der Waals surface area contributed by atoms with Gasteiger partial charge in [0.25, 0.3) is 0 Å². The topological polar surface area (TPSA) is 241 Å². The molecule has 0 amide bonds. The van der Waals surface area contributed by atoms with E-state index in [4.69, 9.17) is 80.0 Å². The van der Waals surface area contributed by atoms with E-state index in [9.17, 15) is 0 Å². The summed E-state index contributed by atoms with van der Waals surface area (Å²) in [5.41, 5.74) is 0. The van der Waals surface area contributed by atoms with Gasteiger partial charge in [0, 0.05) is 252 Å². The van der Waals surface area contributed by atoms with Crippen molar-refractivity contribution in [3.63, 3.8) is 0 Å². The zero-order valence-electron chi connectivity index (χ0n) is 66.9. The number of hydrogen-bond donors (Lipinski definition) is 20. The van der Waals surface area contributed by atoms with E-state index in [1.807, 2.05) is 0 Å². The Morgan fingerprint density at radius 1 is 0.245 bits per heavy atom. The van der Waals surface area contributed by atoms with Gasteiger partial charge < -0.3 is 106 Å². The van der Waals surface area contributed by atoms with E-state index in [1.165, 1.54) is 167 Å². The Balaban J connectivity index is 0.000000349. The van der Waals surface area contributed by atoms with Crippen LogP contribution in [0.15, 0.2) is 0 Å². The van der Waals surface area contributed by atoms with Crippen molar-refractivity contribution < 1.29 is 54.5 Å². The molecule has 6 saturated carbocycles. The molecule has 106 heavy (non-hydrogen) atoms. The molecule has 0 spiro atoms. The van der Waals surface area contributed by atoms with E-state index in [1.54, 1.807) is 0 Å². The molecule has 0 aromatic rings. The first-order valence-corrected chi connectivity index (χ1v) is 59.6. The number of hydrogen-bond acceptors (Lipinski definition) is 20. The summed E-state index contributed by atoms with van der Waals surface area (Å²) in [7, 11) is 38.7. The van der Waals surface area contributed by atoms with Crippen LogP contribution in [-0.4, -0.2) is 252 Å². The second-order valence-electron chi connectivity index (χ2n) is 31.8. The molecule has 10 rings (SSSR count). The Morgan fingerprint density at radius 2 is 0.415 bits per heavy atom. The molecule has 6 aliphatic carbocycles. The Kier molecular flexibility index (Phi) is 69.1. The van der Waals surface area contributed by atoms with Crippen molar-refractivity contribution in [3.8, 4) is 0 Å². The molecule has 10 fully saturated rings. The summed E-state index contributed by atoms with van der Waals surface area (Å²) in [6.45, 7) is 39.7. The molecule has 20 atom stereocenters. The predicted octanol–water partition coefficient (Wildman–Crippen LogP) is 9.05. The van der Waals surface area contributed by atoms with Gasteiger partial charge >= 0.3 is 135 Å². The predicted molar refractivity (Wildman–Crippen MR) is 448 cm³/mol. The Morgan fingerprint density at radius 3 is 0.642 bits per heavy atom. The standard InChI is InChI=1S/C20H43N5.C19H39N5.C18H37N5.C17H37N5.8ClH.3Mn.Zn/c1-5-8-18-14-22-16(3)12-24-20-10-7-6-9-19(20)23-11-15(2)21-13-17(4)25-18;1-15-14-24-19-9-5-4-8-18(19)23-13-12-22-17-7-3-2-6-16(17)21-11-10-20-15;1-3-7-17-15(5-1)20-11-9-19-10-12-21-16-6-2-4-8-18(16)23-14-13-22-17;1-13-10-20-15(3)12-22-17-7-5-4-6-16(17)21-11-14(2)19-9-8-18-13;;;;;;;;;;;;/h15-25H,5-14H2,1-4H3;15-24H,2-14H2,1H3;15-23H,1-14H2;13-22H,4-12H2,1-3H3;8*1H;;;;/q;;;;;;;;;;;;4*+2/p-8/t15-,16+,17-,18-,19?,20?;15-,16?,17?,18?,19?;;13-,14+,15+,16?,17?;;;;;;;;;;;;/m01.1............/s1. The zero-order valence-corrected chi connectivity index (χ0v) is 79.5. The summed E-state index contributed by atoms with van der Waals surface area (Å²) in [5.74, 6) is 0. The van der Waals surface area contributed by atoms with Crippen molar-refractivity contribution in [2.24, 2.45) is 0 Å². The molecular weight excluding hydrogens is 1680 g/mol. The van der Waals surface area contributed by atoms with Crippen LogP contribution in [0.5, 0.6) is 0 Å². The molecule has 20 nitrogen and oxygen atoms in total. The summed E-state index contributed by atoms with van der Waals surface area (Å²) in [6, 6.07) is 12.0. The van der Waals surface area contributed by atoms with Crippen LogP contribution in [0.3, 0.4) is 0 Å². The van der Waals surface area contributed by atoms with Crippen LogP contribution in [0, 0.1) is 0 Å². The number of fused-ring (bicyclic) bond motifs is 6. The van der Waals surface area contributed by atoms with Crippen LogP contribution in [0.25, 0.3) is 0 Å². The average molecular weight is 1840 g/mol.